The fraction of sp³-hybridized carbons (Fsp3) is 0.571. The van der Waals surface area contributed by atoms with Crippen molar-refractivity contribution < 1.29 is 19.1 Å². The first-order valence-corrected chi connectivity index (χ1v) is 10.0. The van der Waals surface area contributed by atoms with Gasteiger partial charge in [-0.05, 0) is 56.2 Å². The van der Waals surface area contributed by atoms with Gasteiger partial charge in [-0.2, -0.15) is 0 Å². The van der Waals surface area contributed by atoms with Crippen LogP contribution in [0.25, 0.3) is 0 Å². The van der Waals surface area contributed by atoms with Crippen molar-refractivity contribution in [2.45, 2.75) is 38.2 Å². The van der Waals surface area contributed by atoms with Gasteiger partial charge < -0.3 is 15.0 Å². The molecule has 1 aromatic carbocycles. The van der Waals surface area contributed by atoms with Crippen LogP contribution in [0.1, 0.15) is 42.5 Å². The lowest BCUT2D eigenvalue weighted by Crippen LogP contribution is -2.36. The van der Waals surface area contributed by atoms with Crippen molar-refractivity contribution in [1.29, 1.82) is 0 Å². The van der Waals surface area contributed by atoms with Crippen LogP contribution in [0.15, 0.2) is 24.3 Å². The molecule has 0 aromatic heterocycles. The maximum absolute atomic E-state index is 12.9. The third-order valence-electron chi connectivity index (χ3n) is 6.81. The second-order valence-corrected chi connectivity index (χ2v) is 8.35. The maximum Gasteiger partial charge on any atom is 0.310 e. The van der Waals surface area contributed by atoms with Crippen LogP contribution in [0.4, 0.5) is 5.69 Å². The Morgan fingerprint density at radius 2 is 1.93 bits per heavy atom. The molecule has 2 heterocycles. The van der Waals surface area contributed by atoms with Crippen LogP contribution in [-0.2, 0) is 14.3 Å². The van der Waals surface area contributed by atoms with Crippen molar-refractivity contribution in [3.05, 3.63) is 29.8 Å². The van der Waals surface area contributed by atoms with Gasteiger partial charge in [-0.3, -0.25) is 14.4 Å². The van der Waals surface area contributed by atoms with Crippen LogP contribution in [0.2, 0.25) is 0 Å². The van der Waals surface area contributed by atoms with Crippen molar-refractivity contribution in [3.63, 3.8) is 0 Å². The van der Waals surface area contributed by atoms with Gasteiger partial charge in [-0.25, -0.2) is 0 Å². The smallest absolute Gasteiger partial charge is 0.310 e. The molecule has 0 radical (unpaired) electrons. The molecular weight excluding hydrogens is 344 g/mol. The number of fused-ring (bicyclic) bond motifs is 1. The summed E-state index contributed by atoms with van der Waals surface area (Å²) < 4.78 is 5.42. The van der Waals surface area contributed by atoms with Crippen molar-refractivity contribution in [3.8, 4) is 0 Å². The first-order chi connectivity index (χ1) is 13.1. The number of ether oxygens (including phenoxy) is 1. The van der Waals surface area contributed by atoms with E-state index in [1.54, 1.807) is 24.3 Å². The van der Waals surface area contributed by atoms with Crippen LogP contribution in [0.5, 0.6) is 0 Å². The fourth-order valence-corrected chi connectivity index (χ4v) is 5.60. The number of anilines is 1. The summed E-state index contributed by atoms with van der Waals surface area (Å²) >= 11 is 0. The topological polar surface area (TPSA) is 75.7 Å². The summed E-state index contributed by atoms with van der Waals surface area (Å²) in [7, 11) is 0. The van der Waals surface area contributed by atoms with E-state index in [-0.39, 0.29) is 47.6 Å². The summed E-state index contributed by atoms with van der Waals surface area (Å²) in [6, 6.07) is 7.14. The van der Waals surface area contributed by atoms with Crippen LogP contribution >= 0.6 is 0 Å². The van der Waals surface area contributed by atoms with Crippen molar-refractivity contribution in [1.82, 2.24) is 4.90 Å². The minimum absolute atomic E-state index is 0.0212. The Hall–Kier alpha value is -2.37. The molecule has 5 atom stereocenters. The Bertz CT molecular complexity index is 799. The summed E-state index contributed by atoms with van der Waals surface area (Å²) in [4.78, 5) is 39.6. The van der Waals surface area contributed by atoms with Crippen molar-refractivity contribution in [2.24, 2.45) is 23.7 Å². The Balaban J connectivity index is 1.30. The van der Waals surface area contributed by atoms with E-state index in [9.17, 15) is 14.4 Å². The summed E-state index contributed by atoms with van der Waals surface area (Å²) in [5.41, 5.74) is 1.22. The molecule has 1 N–H and O–H groups in total. The van der Waals surface area contributed by atoms with Crippen molar-refractivity contribution >= 4 is 23.5 Å². The van der Waals surface area contributed by atoms with E-state index in [4.69, 9.17) is 4.74 Å². The second kappa shape index (κ2) is 6.36. The number of nitrogens with one attached hydrogen (secondary N) is 1. The number of carbonyl (C=O) groups is 3. The average molecular weight is 368 g/mol. The SMILES string of the molecule is O=C(Nc1cccc(C(=O)N2CCCCC2)c1)[C@@H]1[C@@H]2C[C@@H]3[C@H]1C(=O)O[C@H]3C2. The highest BCUT2D eigenvalue weighted by atomic mass is 16.6. The molecule has 0 spiro atoms. The first-order valence-electron chi connectivity index (χ1n) is 10.0. The zero-order valence-electron chi connectivity index (χ0n) is 15.2. The average Bonchev–Trinajstić information content (AvgIpc) is 3.31. The highest BCUT2D eigenvalue weighted by Crippen LogP contribution is 2.57. The standard InChI is InChI=1S/C21H24N2O4/c24-19(17-13-10-15-16(11-13)27-21(26)18(15)17)22-14-6-4-5-12(9-14)20(25)23-7-2-1-3-8-23/h4-6,9,13,15-18H,1-3,7-8,10-11H2,(H,22,24)/t13-,15+,16+,17-,18-/m1/s1. The van der Waals surface area contributed by atoms with Crippen molar-refractivity contribution in [2.75, 3.05) is 18.4 Å². The van der Waals surface area contributed by atoms with Gasteiger partial charge in [0.05, 0.1) is 11.8 Å². The number of amides is 2. The van der Waals surface area contributed by atoms with E-state index in [1.165, 1.54) is 6.42 Å². The molecule has 142 valence electrons. The van der Waals surface area contributed by atoms with Gasteiger partial charge in [-0.15, -0.1) is 0 Å². The Kier molecular flexibility index (Phi) is 3.95. The van der Waals surface area contributed by atoms with Gasteiger partial charge in [-0.1, -0.05) is 6.07 Å². The number of likely N-dealkylation sites (tertiary alicyclic amines) is 1. The number of esters is 1. The second-order valence-electron chi connectivity index (χ2n) is 8.35. The molecule has 6 heteroatoms. The highest BCUT2D eigenvalue weighted by molar-refractivity contribution is 5.99. The van der Waals surface area contributed by atoms with E-state index in [0.717, 1.165) is 38.8 Å². The predicted molar refractivity (Wildman–Crippen MR) is 97.9 cm³/mol. The minimum atomic E-state index is -0.303. The number of rotatable bonds is 3. The summed E-state index contributed by atoms with van der Waals surface area (Å²) in [5, 5.41) is 2.95. The molecule has 2 aliphatic carbocycles. The van der Waals surface area contributed by atoms with E-state index < -0.39 is 0 Å². The van der Waals surface area contributed by atoms with Gasteiger partial charge in [0, 0.05) is 30.3 Å². The monoisotopic (exact) mass is 368 g/mol. The van der Waals surface area contributed by atoms with E-state index in [1.807, 2.05) is 4.90 Å². The van der Waals surface area contributed by atoms with E-state index in [0.29, 0.717) is 11.3 Å². The maximum atomic E-state index is 12.9. The van der Waals surface area contributed by atoms with Gasteiger partial charge in [0.25, 0.3) is 5.91 Å². The number of nitrogens with zero attached hydrogens (tertiary/aromatic N) is 1. The number of carbonyl (C=O) groups excluding carboxylic acids is 3. The quantitative estimate of drug-likeness (QED) is 0.832. The molecule has 6 nitrogen and oxygen atoms in total. The lowest BCUT2D eigenvalue weighted by molar-refractivity contribution is -0.145. The van der Waals surface area contributed by atoms with E-state index in [2.05, 4.69) is 5.32 Å². The molecule has 2 saturated heterocycles. The molecule has 1 aromatic rings. The zero-order valence-corrected chi connectivity index (χ0v) is 15.2. The Morgan fingerprint density at radius 3 is 2.74 bits per heavy atom. The van der Waals surface area contributed by atoms with Crippen LogP contribution in [0.3, 0.4) is 0 Å². The third-order valence-corrected chi connectivity index (χ3v) is 6.81. The van der Waals surface area contributed by atoms with E-state index >= 15 is 0 Å². The predicted octanol–water partition coefficient (Wildman–Crippen LogP) is 2.45. The molecule has 27 heavy (non-hydrogen) atoms. The summed E-state index contributed by atoms with van der Waals surface area (Å²) in [6.45, 7) is 1.59. The zero-order chi connectivity index (χ0) is 18.5. The molecule has 0 unspecified atom stereocenters. The highest BCUT2D eigenvalue weighted by Gasteiger charge is 2.63. The summed E-state index contributed by atoms with van der Waals surface area (Å²) in [5.74, 6) is -0.450. The molecule has 2 amide bonds. The molecule has 5 rings (SSSR count). The van der Waals surface area contributed by atoms with Gasteiger partial charge in [0.15, 0.2) is 0 Å². The molecule has 4 aliphatic rings. The lowest BCUT2D eigenvalue weighted by Gasteiger charge is -2.27. The minimum Gasteiger partial charge on any atom is -0.462 e. The van der Waals surface area contributed by atoms with Crippen LogP contribution in [-0.4, -0.2) is 41.9 Å². The third kappa shape index (κ3) is 2.73. The number of hydrogen-bond donors (Lipinski definition) is 1. The number of piperidine rings is 1. The van der Waals surface area contributed by atoms with Gasteiger partial charge in [0.1, 0.15) is 6.10 Å². The molecule has 2 saturated carbocycles. The summed E-state index contributed by atoms with van der Waals surface area (Å²) in [6.07, 6.45) is 5.01. The fourth-order valence-electron chi connectivity index (χ4n) is 5.60. The molecule has 2 bridgehead atoms. The lowest BCUT2D eigenvalue weighted by atomic mass is 9.79. The number of benzene rings is 1. The van der Waals surface area contributed by atoms with Gasteiger partial charge in [0.2, 0.25) is 5.91 Å². The molecule has 2 aliphatic heterocycles. The molecular formula is C21H24N2O4. The molecule has 4 fully saturated rings. The van der Waals surface area contributed by atoms with Gasteiger partial charge >= 0.3 is 5.97 Å². The normalized spacial score (nSPS) is 33.9. The Labute approximate surface area is 158 Å². The largest absolute Gasteiger partial charge is 0.462 e. The Morgan fingerprint density at radius 1 is 1.11 bits per heavy atom. The van der Waals surface area contributed by atoms with Crippen LogP contribution < -0.4 is 5.32 Å². The first kappa shape index (κ1) is 16.8. The van der Waals surface area contributed by atoms with Crippen LogP contribution in [0, 0.1) is 23.7 Å². The number of hydrogen-bond acceptors (Lipinski definition) is 4.